The van der Waals surface area contributed by atoms with Crippen LogP contribution >= 0.6 is 15.9 Å². The Morgan fingerprint density at radius 1 is 1.08 bits per heavy atom. The zero-order valence-corrected chi connectivity index (χ0v) is 8.34. The fourth-order valence-electron chi connectivity index (χ4n) is 1.72. The van der Waals surface area contributed by atoms with Crippen LogP contribution in [-0.2, 0) is 0 Å². The first-order valence-corrected chi connectivity index (χ1v) is 5.27. The molecule has 1 saturated carbocycles. The highest BCUT2D eigenvalue weighted by Gasteiger charge is 2.53. The number of hydrogen-bond acceptors (Lipinski definition) is 0. The van der Waals surface area contributed by atoms with Gasteiger partial charge in [-0.25, -0.2) is 0 Å². The monoisotopic (exact) mass is 244 g/mol. The average Bonchev–Trinajstić information content (AvgIpc) is 2.04. The first kappa shape index (κ1) is 10.4. The molecule has 0 aliphatic heterocycles. The van der Waals surface area contributed by atoms with Gasteiger partial charge in [-0.1, -0.05) is 35.2 Å². The van der Waals surface area contributed by atoms with E-state index < -0.39 is 11.6 Å². The topological polar surface area (TPSA) is 0 Å². The molecular formula is C8H12BrF3. The summed E-state index contributed by atoms with van der Waals surface area (Å²) in [5.74, 6) is 0. The van der Waals surface area contributed by atoms with Crippen LogP contribution in [0.1, 0.15) is 32.1 Å². The summed E-state index contributed by atoms with van der Waals surface area (Å²) < 4.78 is 37.7. The molecule has 0 aromatic heterocycles. The maximum absolute atomic E-state index is 12.6. The first-order valence-electron chi connectivity index (χ1n) is 4.14. The summed E-state index contributed by atoms with van der Waals surface area (Å²) in [6, 6.07) is 0. The Hall–Kier alpha value is 0.270. The minimum absolute atomic E-state index is 0.0590. The highest BCUT2D eigenvalue weighted by atomic mass is 79.9. The van der Waals surface area contributed by atoms with Crippen molar-refractivity contribution in [2.24, 2.45) is 5.41 Å². The van der Waals surface area contributed by atoms with E-state index >= 15 is 0 Å². The molecule has 0 aromatic rings. The summed E-state index contributed by atoms with van der Waals surface area (Å²) in [5, 5.41) is 0.0590. The van der Waals surface area contributed by atoms with Crippen LogP contribution in [0.15, 0.2) is 0 Å². The Kier molecular flexibility index (Phi) is 3.07. The number of hydrogen-bond donors (Lipinski definition) is 0. The number of halogens is 4. The molecule has 0 heterocycles. The molecule has 0 aromatic carbocycles. The van der Waals surface area contributed by atoms with Gasteiger partial charge in [0.25, 0.3) is 0 Å². The van der Waals surface area contributed by atoms with Crippen LogP contribution < -0.4 is 0 Å². The van der Waals surface area contributed by atoms with Crippen molar-refractivity contribution in [3.8, 4) is 0 Å². The van der Waals surface area contributed by atoms with Crippen molar-refractivity contribution < 1.29 is 13.2 Å². The largest absolute Gasteiger partial charge is 0.395 e. The van der Waals surface area contributed by atoms with Gasteiger partial charge in [-0.3, -0.25) is 0 Å². The molecule has 0 radical (unpaired) electrons. The molecule has 0 atom stereocenters. The van der Waals surface area contributed by atoms with Crippen LogP contribution in [0.2, 0.25) is 0 Å². The molecule has 0 unspecified atom stereocenters. The lowest BCUT2D eigenvalue weighted by molar-refractivity contribution is -0.224. The van der Waals surface area contributed by atoms with Gasteiger partial charge in [0.15, 0.2) is 0 Å². The zero-order valence-electron chi connectivity index (χ0n) is 6.75. The third-order valence-electron chi connectivity index (χ3n) is 2.67. The average molecular weight is 245 g/mol. The number of rotatable bonds is 1. The summed E-state index contributed by atoms with van der Waals surface area (Å²) in [6.45, 7) is 0. The van der Waals surface area contributed by atoms with E-state index in [1.54, 1.807) is 0 Å². The van der Waals surface area contributed by atoms with Crippen LogP contribution in [0.4, 0.5) is 13.2 Å². The molecule has 0 spiro atoms. The Balaban J connectivity index is 2.73. The van der Waals surface area contributed by atoms with E-state index in [1.165, 1.54) is 0 Å². The van der Waals surface area contributed by atoms with Crippen molar-refractivity contribution in [1.82, 2.24) is 0 Å². The van der Waals surface area contributed by atoms with E-state index in [2.05, 4.69) is 15.9 Å². The van der Waals surface area contributed by atoms with Crippen LogP contribution in [-0.4, -0.2) is 11.5 Å². The SMILES string of the molecule is FC(F)(F)C1(CBr)CCCCC1. The molecule has 4 heteroatoms. The third-order valence-corrected chi connectivity index (χ3v) is 3.74. The highest BCUT2D eigenvalue weighted by Crippen LogP contribution is 2.49. The van der Waals surface area contributed by atoms with Crippen LogP contribution in [0, 0.1) is 5.41 Å². The van der Waals surface area contributed by atoms with Gasteiger partial charge in [-0.2, -0.15) is 13.2 Å². The predicted octanol–water partition coefficient (Wildman–Crippen LogP) is 3.89. The lowest BCUT2D eigenvalue weighted by atomic mass is 9.75. The van der Waals surface area contributed by atoms with Gasteiger partial charge in [-0.15, -0.1) is 0 Å². The van der Waals surface area contributed by atoms with Gasteiger partial charge in [0.2, 0.25) is 0 Å². The normalized spacial score (nSPS) is 24.0. The van der Waals surface area contributed by atoms with Gasteiger partial charge in [0.1, 0.15) is 0 Å². The van der Waals surface area contributed by atoms with Crippen LogP contribution in [0.5, 0.6) is 0 Å². The van der Waals surface area contributed by atoms with Crippen molar-refractivity contribution in [2.75, 3.05) is 5.33 Å². The molecular weight excluding hydrogens is 233 g/mol. The Labute approximate surface area is 78.7 Å². The van der Waals surface area contributed by atoms with E-state index in [0.29, 0.717) is 25.7 Å². The summed E-state index contributed by atoms with van der Waals surface area (Å²) in [5.41, 5.74) is -1.43. The maximum atomic E-state index is 12.6. The molecule has 0 N–H and O–H groups in total. The van der Waals surface area contributed by atoms with E-state index in [4.69, 9.17) is 0 Å². The predicted molar refractivity (Wildman–Crippen MR) is 45.4 cm³/mol. The molecule has 0 amide bonds. The molecule has 72 valence electrons. The highest BCUT2D eigenvalue weighted by molar-refractivity contribution is 9.09. The second-order valence-electron chi connectivity index (χ2n) is 3.47. The summed E-state index contributed by atoms with van der Waals surface area (Å²) in [6.07, 6.45) is -1.07. The minimum atomic E-state index is -4.03. The van der Waals surface area contributed by atoms with Crippen molar-refractivity contribution in [3.63, 3.8) is 0 Å². The Bertz CT molecular complexity index is 147. The molecule has 12 heavy (non-hydrogen) atoms. The van der Waals surface area contributed by atoms with Gasteiger partial charge in [0, 0.05) is 5.33 Å². The molecule has 0 bridgehead atoms. The second-order valence-corrected chi connectivity index (χ2v) is 4.03. The van der Waals surface area contributed by atoms with Gasteiger partial charge in [-0.05, 0) is 12.8 Å². The van der Waals surface area contributed by atoms with Crippen molar-refractivity contribution >= 4 is 15.9 Å². The molecule has 0 nitrogen and oxygen atoms in total. The Morgan fingerprint density at radius 2 is 1.58 bits per heavy atom. The fourth-order valence-corrected chi connectivity index (χ4v) is 2.60. The molecule has 1 aliphatic carbocycles. The van der Waals surface area contributed by atoms with E-state index in [1.807, 2.05) is 0 Å². The second kappa shape index (κ2) is 3.56. The summed E-state index contributed by atoms with van der Waals surface area (Å²) in [4.78, 5) is 0. The molecule has 1 aliphatic rings. The van der Waals surface area contributed by atoms with Gasteiger partial charge >= 0.3 is 6.18 Å². The fraction of sp³-hybridized carbons (Fsp3) is 1.00. The molecule has 1 rings (SSSR count). The quantitative estimate of drug-likeness (QED) is 0.614. The summed E-state index contributed by atoms with van der Waals surface area (Å²) >= 11 is 2.98. The minimum Gasteiger partial charge on any atom is -0.170 e. The van der Waals surface area contributed by atoms with Crippen molar-refractivity contribution in [2.45, 2.75) is 38.3 Å². The zero-order chi connectivity index (χ0) is 9.24. The number of alkyl halides is 4. The van der Waals surface area contributed by atoms with Crippen LogP contribution in [0.25, 0.3) is 0 Å². The summed E-state index contributed by atoms with van der Waals surface area (Å²) in [7, 11) is 0. The molecule has 0 saturated heterocycles. The van der Waals surface area contributed by atoms with E-state index in [9.17, 15) is 13.2 Å². The van der Waals surface area contributed by atoms with Crippen LogP contribution in [0.3, 0.4) is 0 Å². The van der Waals surface area contributed by atoms with Crippen molar-refractivity contribution in [1.29, 1.82) is 0 Å². The lowest BCUT2D eigenvalue weighted by Gasteiger charge is -2.37. The van der Waals surface area contributed by atoms with Gasteiger partial charge < -0.3 is 0 Å². The smallest absolute Gasteiger partial charge is 0.170 e. The standard InChI is InChI=1S/C8H12BrF3/c9-6-7(8(10,11)12)4-2-1-3-5-7/h1-6H2. The lowest BCUT2D eigenvalue weighted by Crippen LogP contribution is -2.41. The van der Waals surface area contributed by atoms with Gasteiger partial charge in [0.05, 0.1) is 5.41 Å². The maximum Gasteiger partial charge on any atom is 0.395 e. The Morgan fingerprint density at radius 3 is 1.83 bits per heavy atom. The van der Waals surface area contributed by atoms with E-state index in [0.717, 1.165) is 6.42 Å². The molecule has 1 fully saturated rings. The van der Waals surface area contributed by atoms with E-state index in [-0.39, 0.29) is 5.33 Å². The van der Waals surface area contributed by atoms with Crippen molar-refractivity contribution in [3.05, 3.63) is 0 Å². The third kappa shape index (κ3) is 1.78. The first-order chi connectivity index (χ1) is 5.52.